The molecule has 1 unspecified atom stereocenters. The quantitative estimate of drug-likeness (QED) is 0.0735. The summed E-state index contributed by atoms with van der Waals surface area (Å²) in [6.45, 7) is 17.7. The fraction of sp³-hybridized carbons (Fsp3) is 0.250. The van der Waals surface area contributed by atoms with Gasteiger partial charge < -0.3 is 21.3 Å². The summed E-state index contributed by atoms with van der Waals surface area (Å²) in [6.07, 6.45) is 8.45. The highest BCUT2D eigenvalue weighted by Crippen LogP contribution is 2.48. The molecule has 5 aliphatic rings. The number of hydrogen-bond acceptors (Lipinski definition) is 22. The highest BCUT2D eigenvalue weighted by molar-refractivity contribution is 6.07. The van der Waals surface area contributed by atoms with Gasteiger partial charge in [-0.05, 0) is 136 Å². The van der Waals surface area contributed by atoms with Crippen LogP contribution in [0.4, 0.5) is 58.4 Å². The molecule has 21 rings (SSSR count). The number of hydrogen-bond donors (Lipinski definition) is 4. The number of anilines is 4. The van der Waals surface area contributed by atoms with Crippen LogP contribution in [0.2, 0.25) is 0 Å². The molecule has 126 heavy (non-hydrogen) atoms. The lowest BCUT2D eigenvalue weighted by atomic mass is 9.80. The molecule has 634 valence electrons. The number of pyridine rings is 4. The second-order valence-corrected chi connectivity index (χ2v) is 33.0. The van der Waals surface area contributed by atoms with Crippen LogP contribution in [0.3, 0.4) is 0 Å². The molecule has 4 aliphatic heterocycles. The topological polar surface area (TPSA) is 368 Å². The Balaban J connectivity index is 0.000000114. The van der Waals surface area contributed by atoms with E-state index in [9.17, 15) is 54.3 Å². The molecule has 1 saturated carbocycles. The molecule has 30 nitrogen and oxygen atoms in total. The van der Waals surface area contributed by atoms with Crippen molar-refractivity contribution in [1.82, 2.24) is 109 Å². The molecule has 4 aromatic carbocycles. The fourth-order valence-corrected chi connectivity index (χ4v) is 15.3. The average Bonchev–Trinajstić information content (AvgIpc) is 1.59. The summed E-state index contributed by atoms with van der Waals surface area (Å²) in [4.78, 5) is 93.1. The lowest BCUT2D eigenvalue weighted by Crippen LogP contribution is -2.31. The van der Waals surface area contributed by atoms with Crippen LogP contribution < -0.4 is 21.3 Å². The van der Waals surface area contributed by atoms with Crippen LogP contribution in [0.5, 0.6) is 0 Å². The van der Waals surface area contributed by atoms with Crippen molar-refractivity contribution in [2.24, 2.45) is 5.92 Å². The molecule has 12 aromatic heterocycles. The summed E-state index contributed by atoms with van der Waals surface area (Å²) in [5, 5.41) is 47.3. The maximum Gasteiger partial charge on any atom is 0.237 e. The van der Waals surface area contributed by atoms with Gasteiger partial charge in [-0.1, -0.05) is 79.6 Å². The Kier molecular flexibility index (Phi) is 20.2. The van der Waals surface area contributed by atoms with E-state index in [2.05, 4.69) is 112 Å². The van der Waals surface area contributed by atoms with Gasteiger partial charge in [0.25, 0.3) is 0 Å². The Hall–Kier alpha value is -15.1. The normalized spacial score (nSPS) is 16.0. The summed E-state index contributed by atoms with van der Waals surface area (Å²) in [5.74, 6) is -1.63. The number of rotatable bonds is 14. The Morgan fingerprint density at radius 3 is 1.15 bits per heavy atom. The standard InChI is InChI=1S/C24H20F2N6O.C22H18F2N6O.2C21H17F2N7O/c1-24(9-13-6-7-13)17-11-27-21(29-20(17)30-23(24)33)19-16-8-15(25)10-28-22(16)32(31-19)12-14-4-2-3-5-18(14)26;1-11-16(24)8-13-17(19-25-9-14-18(27-19)28-21(31)22(14,2)3)29-30(20(13)26-11)10-12-6-4-5-7-15(12)23;1-10-4-5-11(14(23)6-10)9-30-19-13(7-12(22)8-24-19)15(29-30)17-25-18-16(27-28-17)21(2,3)20(31)26-18;1-10-14(23)8-12-15(17-25-18-16(27-28-17)21(2,3)20(31)26-18)29-30(19(12)24-10)9-11-6-4-5-7-13(11)22/h2-5,8,10-11,13H,6-7,9,12H2,1H3,(H,27,29,30,33);4-9H,10H2,1-3H3,(H,25,27,28,31);2*4-8H,9H2,1-3H3,(H,25,26,28,31). The molecule has 1 atom stereocenters. The van der Waals surface area contributed by atoms with Gasteiger partial charge in [0, 0.05) is 45.8 Å². The van der Waals surface area contributed by atoms with Gasteiger partial charge in [0.05, 0.1) is 93.2 Å². The van der Waals surface area contributed by atoms with Crippen LogP contribution in [0.15, 0.2) is 140 Å². The van der Waals surface area contributed by atoms with Crippen LogP contribution in [-0.2, 0) is 67.0 Å². The Bertz CT molecular complexity index is 7060. The van der Waals surface area contributed by atoms with Crippen molar-refractivity contribution in [2.45, 2.75) is 136 Å². The monoisotopic (exact) mass is 1710 g/mol. The molecule has 0 bridgehead atoms. The maximum atomic E-state index is 14.4. The number of halogens is 8. The number of fused-ring (bicyclic) bond motifs is 8. The molecule has 0 spiro atoms. The smallest absolute Gasteiger partial charge is 0.237 e. The maximum absolute atomic E-state index is 14.4. The second kappa shape index (κ2) is 31.0. The van der Waals surface area contributed by atoms with E-state index < -0.39 is 44.9 Å². The van der Waals surface area contributed by atoms with Crippen molar-refractivity contribution in [3.05, 3.63) is 248 Å². The zero-order valence-corrected chi connectivity index (χ0v) is 68.8. The third-order valence-electron chi connectivity index (χ3n) is 22.9. The van der Waals surface area contributed by atoms with E-state index in [1.165, 1.54) is 67.3 Å². The fourth-order valence-electron chi connectivity index (χ4n) is 15.3. The van der Waals surface area contributed by atoms with E-state index in [1.807, 2.05) is 6.92 Å². The van der Waals surface area contributed by atoms with Gasteiger partial charge in [-0.15, -0.1) is 20.4 Å². The molecule has 16 aromatic rings. The number of carbonyl (C=O) groups excluding carboxylic acids is 4. The van der Waals surface area contributed by atoms with E-state index in [-0.39, 0.29) is 131 Å². The number of aromatic nitrogens is 22. The first-order chi connectivity index (χ1) is 60.2. The van der Waals surface area contributed by atoms with Crippen molar-refractivity contribution in [3.8, 4) is 46.1 Å². The average molecular weight is 1710 g/mol. The molecule has 4 amide bonds. The van der Waals surface area contributed by atoms with E-state index in [0.717, 1.165) is 42.8 Å². The van der Waals surface area contributed by atoms with Gasteiger partial charge >= 0.3 is 0 Å². The van der Waals surface area contributed by atoms with Gasteiger partial charge in [0.1, 0.15) is 92.3 Å². The minimum absolute atomic E-state index is 0.0847. The molecule has 1 fully saturated rings. The Morgan fingerprint density at radius 2 is 0.722 bits per heavy atom. The number of benzene rings is 4. The second-order valence-electron chi connectivity index (χ2n) is 33.0. The molecule has 38 heteroatoms. The van der Waals surface area contributed by atoms with Crippen molar-refractivity contribution in [1.29, 1.82) is 0 Å². The summed E-state index contributed by atoms with van der Waals surface area (Å²) < 4.78 is 120. The SMILES string of the molecule is CC1(CC2CC2)C(=O)Nc2nc(-c3nn(Cc4ccccc4F)c4ncc(F)cc34)ncc21.Cc1ccc(Cn2nc(-c3nnc4c(n3)NC(=O)C4(C)C)c3cc(F)cnc32)c(F)c1.Cc1nc2c(cc1F)c(-c1ncc3c(n1)NC(=O)C3(C)C)nn2Cc1ccccc1F.Cc1nc2c(cc1F)c(-c1nnc3c(n1)NC(=O)C3(C)C)nn2Cc1ccccc1F. The van der Waals surface area contributed by atoms with Crippen LogP contribution >= 0.6 is 0 Å². The largest absolute Gasteiger partial charge is 0.310 e. The van der Waals surface area contributed by atoms with Crippen molar-refractivity contribution in [2.75, 3.05) is 21.3 Å². The zero-order valence-electron chi connectivity index (χ0n) is 68.8. The van der Waals surface area contributed by atoms with Crippen LogP contribution in [0, 0.1) is 73.2 Å². The molecule has 0 radical (unpaired) electrons. The third kappa shape index (κ3) is 14.8. The molecule has 1 aliphatic carbocycles. The Labute approximate surface area is 709 Å². The van der Waals surface area contributed by atoms with Crippen molar-refractivity contribution >= 4 is 91.0 Å². The van der Waals surface area contributed by atoms with Crippen LogP contribution in [-0.4, -0.2) is 133 Å². The molecular weight excluding hydrogens is 1640 g/mol. The van der Waals surface area contributed by atoms with Crippen molar-refractivity contribution < 1.29 is 54.3 Å². The summed E-state index contributed by atoms with van der Waals surface area (Å²) in [5.41, 5.74) is 4.66. The van der Waals surface area contributed by atoms with Gasteiger partial charge in [-0.25, -0.2) is 104 Å². The van der Waals surface area contributed by atoms with Gasteiger partial charge in [0.2, 0.25) is 35.3 Å². The number of carbonyl (C=O) groups is 4. The lowest BCUT2D eigenvalue weighted by Gasteiger charge is -2.21. The first-order valence-electron chi connectivity index (χ1n) is 39.8. The van der Waals surface area contributed by atoms with E-state index in [4.69, 9.17) is 0 Å². The number of nitrogens with one attached hydrogen (secondary N) is 4. The minimum Gasteiger partial charge on any atom is -0.310 e. The van der Waals surface area contributed by atoms with Gasteiger partial charge in [-0.3, -0.25) is 19.2 Å². The van der Waals surface area contributed by atoms with E-state index >= 15 is 0 Å². The highest BCUT2D eigenvalue weighted by atomic mass is 19.2. The van der Waals surface area contributed by atoms with E-state index in [1.54, 1.807) is 141 Å². The predicted octanol–water partition coefficient (Wildman–Crippen LogP) is 14.3. The van der Waals surface area contributed by atoms with Gasteiger partial charge in [-0.2, -0.15) is 20.4 Å². The lowest BCUT2D eigenvalue weighted by molar-refractivity contribution is -0.121. The van der Waals surface area contributed by atoms with Crippen molar-refractivity contribution in [3.63, 3.8) is 0 Å². The summed E-state index contributed by atoms with van der Waals surface area (Å²) in [6, 6.07) is 29.2. The number of aryl methyl sites for hydroxylation is 3. The highest BCUT2D eigenvalue weighted by Gasteiger charge is 2.48. The number of amides is 4. The predicted molar refractivity (Wildman–Crippen MR) is 444 cm³/mol. The molecule has 0 saturated heterocycles. The van der Waals surface area contributed by atoms with Crippen LogP contribution in [0.1, 0.15) is 129 Å². The van der Waals surface area contributed by atoms with Gasteiger partial charge in [0.15, 0.2) is 45.9 Å². The zero-order chi connectivity index (χ0) is 88.5. The minimum atomic E-state index is -0.856. The van der Waals surface area contributed by atoms with Crippen LogP contribution in [0.25, 0.3) is 90.2 Å². The molecule has 16 heterocycles. The van der Waals surface area contributed by atoms with E-state index in [0.29, 0.717) is 112 Å². The summed E-state index contributed by atoms with van der Waals surface area (Å²) in [7, 11) is 0. The summed E-state index contributed by atoms with van der Waals surface area (Å²) >= 11 is 0. The first kappa shape index (κ1) is 81.8. The third-order valence-corrected chi connectivity index (χ3v) is 22.9. The molecular formula is C88H72F8N26O4. The molecule has 4 N–H and O–H groups in total. The first-order valence-corrected chi connectivity index (χ1v) is 39.8. The number of nitrogens with zero attached hydrogens (tertiary/aromatic N) is 22. The Morgan fingerprint density at radius 1 is 0.357 bits per heavy atom.